The molecule has 0 bridgehead atoms. The molecule has 166 valence electrons. The molecule has 1 fully saturated rings. The van der Waals surface area contributed by atoms with E-state index < -0.39 is 21.2 Å². The van der Waals surface area contributed by atoms with Gasteiger partial charge in [-0.05, 0) is 67.5 Å². The number of fused-ring (bicyclic) bond motifs is 1. The number of aromatic nitrogens is 1. The van der Waals surface area contributed by atoms with Gasteiger partial charge in [0.1, 0.15) is 0 Å². The molecule has 1 saturated heterocycles. The molecule has 31 heavy (non-hydrogen) atoms. The Balaban J connectivity index is 1.70. The van der Waals surface area contributed by atoms with Gasteiger partial charge in [0.05, 0.1) is 23.4 Å². The molecular formula is C22H27N3O4S2. The Morgan fingerprint density at radius 1 is 1.23 bits per heavy atom. The van der Waals surface area contributed by atoms with E-state index in [1.807, 2.05) is 23.7 Å². The minimum Gasteiger partial charge on any atom is -0.487 e. The lowest BCUT2D eigenvalue weighted by Crippen LogP contribution is -2.41. The first-order chi connectivity index (χ1) is 14.7. The highest BCUT2D eigenvalue weighted by molar-refractivity contribution is 7.89. The third kappa shape index (κ3) is 3.97. The number of nitrogens with zero attached hydrogens (tertiary/aromatic N) is 1. The van der Waals surface area contributed by atoms with E-state index in [0.29, 0.717) is 18.7 Å². The number of sulfonamides is 1. The number of H-pyrrole nitrogens is 1. The second-order valence-corrected chi connectivity index (χ2v) is 11.5. The largest absolute Gasteiger partial charge is 0.487 e. The molecule has 0 spiro atoms. The first-order valence-corrected chi connectivity index (χ1v) is 12.7. The van der Waals surface area contributed by atoms with Gasteiger partial charge in [-0.1, -0.05) is 0 Å². The zero-order valence-electron chi connectivity index (χ0n) is 17.8. The van der Waals surface area contributed by atoms with Crippen LogP contribution >= 0.6 is 11.3 Å². The predicted molar refractivity (Wildman–Crippen MR) is 124 cm³/mol. The number of thiophene rings is 1. The summed E-state index contributed by atoms with van der Waals surface area (Å²) in [5.41, 5.74) is 9.83. The van der Waals surface area contributed by atoms with Crippen molar-refractivity contribution in [2.75, 3.05) is 20.2 Å². The first kappa shape index (κ1) is 21.9. The third-order valence-electron chi connectivity index (χ3n) is 6.05. The second-order valence-electron chi connectivity index (χ2n) is 8.18. The maximum absolute atomic E-state index is 12.5. The number of amides is 1. The smallest absolute Gasteiger partial charge is 0.250 e. The van der Waals surface area contributed by atoms with Crippen LogP contribution in [-0.2, 0) is 10.0 Å². The Hall–Kier alpha value is -2.36. The summed E-state index contributed by atoms with van der Waals surface area (Å²) < 4.78 is 31.9. The zero-order valence-corrected chi connectivity index (χ0v) is 19.5. The van der Waals surface area contributed by atoms with Gasteiger partial charge in [-0.2, -0.15) is 0 Å². The minimum absolute atomic E-state index is 0.209. The number of rotatable bonds is 6. The van der Waals surface area contributed by atoms with Crippen molar-refractivity contribution in [1.29, 1.82) is 0 Å². The average molecular weight is 462 g/mol. The van der Waals surface area contributed by atoms with Gasteiger partial charge in [0.25, 0.3) is 5.91 Å². The van der Waals surface area contributed by atoms with Crippen molar-refractivity contribution in [3.63, 3.8) is 0 Å². The van der Waals surface area contributed by atoms with Crippen LogP contribution in [0.2, 0.25) is 0 Å². The fraction of sp³-hybridized carbons (Fsp3) is 0.409. The highest BCUT2D eigenvalue weighted by Gasteiger charge is 2.31. The summed E-state index contributed by atoms with van der Waals surface area (Å²) in [6, 6.07) is 5.83. The van der Waals surface area contributed by atoms with Gasteiger partial charge in [0, 0.05) is 30.1 Å². The molecule has 1 aromatic carbocycles. The summed E-state index contributed by atoms with van der Waals surface area (Å²) in [5, 5.41) is 3.33. The van der Waals surface area contributed by atoms with Crippen molar-refractivity contribution in [2.45, 2.75) is 37.9 Å². The minimum atomic E-state index is -3.24. The number of carbonyl (C=O) groups excluding carboxylic acids is 1. The summed E-state index contributed by atoms with van der Waals surface area (Å²) >= 11 is 1.49. The highest BCUT2D eigenvalue weighted by atomic mass is 32.2. The Kier molecular flexibility index (Phi) is 5.85. The van der Waals surface area contributed by atoms with Crippen LogP contribution < -0.4 is 10.5 Å². The van der Waals surface area contributed by atoms with Crippen LogP contribution in [0.1, 0.15) is 48.5 Å². The van der Waals surface area contributed by atoms with E-state index in [1.54, 1.807) is 25.3 Å². The van der Waals surface area contributed by atoms with Gasteiger partial charge in [0.15, 0.2) is 5.06 Å². The van der Waals surface area contributed by atoms with Crippen LogP contribution in [0.4, 0.5) is 0 Å². The summed E-state index contributed by atoms with van der Waals surface area (Å²) in [6.45, 7) is 4.44. The lowest BCUT2D eigenvalue weighted by atomic mass is 9.88. The molecule has 4 rings (SSSR count). The number of methoxy groups -OCH3 is 1. The van der Waals surface area contributed by atoms with Gasteiger partial charge < -0.3 is 15.5 Å². The zero-order chi connectivity index (χ0) is 22.3. The van der Waals surface area contributed by atoms with Crippen LogP contribution in [0, 0.1) is 0 Å². The fourth-order valence-electron chi connectivity index (χ4n) is 4.25. The average Bonchev–Trinajstić information content (AvgIpc) is 3.40. The molecule has 1 aliphatic heterocycles. The second kappa shape index (κ2) is 8.29. The maximum atomic E-state index is 12.5. The monoisotopic (exact) mass is 461 g/mol. The Morgan fingerprint density at radius 3 is 2.52 bits per heavy atom. The number of carbonyl (C=O) groups is 1. The normalized spacial score (nSPS) is 16.3. The van der Waals surface area contributed by atoms with E-state index in [2.05, 4.69) is 11.1 Å². The van der Waals surface area contributed by atoms with Crippen molar-refractivity contribution in [1.82, 2.24) is 9.29 Å². The molecule has 1 amide bonds. The number of nitrogens with one attached hydrogen (secondary N) is 1. The van der Waals surface area contributed by atoms with Crippen molar-refractivity contribution >= 4 is 38.2 Å². The van der Waals surface area contributed by atoms with Crippen LogP contribution in [0.3, 0.4) is 0 Å². The van der Waals surface area contributed by atoms with E-state index in [4.69, 9.17) is 10.5 Å². The molecular weight excluding hydrogens is 434 g/mol. The summed E-state index contributed by atoms with van der Waals surface area (Å²) in [4.78, 5) is 15.4. The number of hydrogen-bond acceptors (Lipinski definition) is 5. The van der Waals surface area contributed by atoms with Crippen molar-refractivity contribution < 1.29 is 17.9 Å². The maximum Gasteiger partial charge on any atom is 0.250 e. The third-order valence-corrected chi connectivity index (χ3v) is 9.21. The molecule has 3 heterocycles. The molecule has 7 nitrogen and oxygen atoms in total. The highest BCUT2D eigenvalue weighted by Crippen LogP contribution is 2.38. The molecule has 0 radical (unpaired) electrons. The topological polar surface area (TPSA) is 105 Å². The lowest BCUT2D eigenvalue weighted by molar-refractivity contribution is 0.100. The van der Waals surface area contributed by atoms with Crippen LogP contribution in [0.5, 0.6) is 5.06 Å². The van der Waals surface area contributed by atoms with Gasteiger partial charge >= 0.3 is 0 Å². The molecule has 1 aliphatic rings. The number of hydrogen-bond donors (Lipinski definition) is 2. The van der Waals surface area contributed by atoms with Crippen LogP contribution in [0.15, 0.2) is 29.8 Å². The number of ether oxygens (including phenoxy) is 1. The number of aromatic amines is 1. The van der Waals surface area contributed by atoms with Gasteiger partial charge in [-0.25, -0.2) is 12.7 Å². The SMILES string of the molecule is COc1cc(-c2cc(C(N)=O)c3[nH]cc(C4CCN(S(=O)(=O)C(C)C)CC4)c3c2)cs1. The van der Waals surface area contributed by atoms with Gasteiger partial charge in [0.2, 0.25) is 10.0 Å². The van der Waals surface area contributed by atoms with Gasteiger partial charge in [-0.3, -0.25) is 4.79 Å². The number of piperidine rings is 1. The first-order valence-electron chi connectivity index (χ1n) is 10.3. The molecule has 3 aromatic rings. The Morgan fingerprint density at radius 2 is 1.94 bits per heavy atom. The van der Waals surface area contributed by atoms with Crippen molar-refractivity contribution in [2.24, 2.45) is 5.73 Å². The molecule has 3 N–H and O–H groups in total. The number of primary amides is 1. The molecule has 0 aliphatic carbocycles. The van der Waals surface area contributed by atoms with E-state index in [-0.39, 0.29) is 5.92 Å². The molecule has 9 heteroatoms. The van der Waals surface area contributed by atoms with Crippen molar-refractivity contribution in [3.8, 4) is 16.2 Å². The van der Waals surface area contributed by atoms with E-state index >= 15 is 0 Å². The fourth-order valence-corrected chi connectivity index (χ4v) is 6.30. The standard InChI is InChI=1S/C22H27N3O4S2/c1-13(2)31(27,28)25-6-4-14(5-7-25)19-11-24-21-17(19)8-15(9-18(21)22(23)26)16-10-20(29-3)30-12-16/h8-14,24H,4-7H2,1-3H3,(H2,23,26). The van der Waals surface area contributed by atoms with E-state index in [1.165, 1.54) is 11.3 Å². The predicted octanol–water partition coefficient (Wildman–Crippen LogP) is 3.92. The molecule has 0 saturated carbocycles. The number of nitrogens with two attached hydrogens (primary N) is 1. The molecule has 0 unspecified atom stereocenters. The van der Waals surface area contributed by atoms with Crippen LogP contribution in [-0.4, -0.2) is 49.1 Å². The summed E-state index contributed by atoms with van der Waals surface area (Å²) in [7, 11) is -1.61. The Labute approximate surface area is 186 Å². The van der Waals surface area contributed by atoms with E-state index in [9.17, 15) is 13.2 Å². The molecule has 2 aromatic heterocycles. The Bertz CT molecular complexity index is 1220. The lowest BCUT2D eigenvalue weighted by Gasteiger charge is -2.32. The van der Waals surface area contributed by atoms with Crippen LogP contribution in [0.25, 0.3) is 22.0 Å². The van der Waals surface area contributed by atoms with E-state index in [0.717, 1.165) is 45.5 Å². The molecule has 0 atom stereocenters. The number of benzene rings is 1. The summed E-state index contributed by atoms with van der Waals surface area (Å²) in [5.74, 6) is -0.277. The van der Waals surface area contributed by atoms with Gasteiger partial charge in [-0.15, -0.1) is 11.3 Å². The quantitative estimate of drug-likeness (QED) is 0.580. The van der Waals surface area contributed by atoms with Crippen molar-refractivity contribution in [3.05, 3.63) is 40.9 Å². The summed E-state index contributed by atoms with van der Waals surface area (Å²) in [6.07, 6.45) is 3.41.